The summed E-state index contributed by atoms with van der Waals surface area (Å²) in [6.07, 6.45) is 0.801. The Labute approximate surface area is 138 Å². The Morgan fingerprint density at radius 1 is 1.26 bits per heavy atom. The number of hydrogen-bond acceptors (Lipinski definition) is 4. The van der Waals surface area contributed by atoms with E-state index in [9.17, 15) is 9.59 Å². The number of amides is 1. The van der Waals surface area contributed by atoms with Gasteiger partial charge >= 0.3 is 0 Å². The molecule has 0 saturated heterocycles. The highest BCUT2D eigenvalue weighted by Crippen LogP contribution is 2.09. The molecule has 0 bridgehead atoms. The van der Waals surface area contributed by atoms with Crippen molar-refractivity contribution in [2.75, 3.05) is 19.6 Å². The summed E-state index contributed by atoms with van der Waals surface area (Å²) in [7, 11) is 0. The summed E-state index contributed by atoms with van der Waals surface area (Å²) in [6, 6.07) is 3.18. The van der Waals surface area contributed by atoms with Gasteiger partial charge in [-0.15, -0.1) is 0 Å². The van der Waals surface area contributed by atoms with E-state index in [-0.39, 0.29) is 17.5 Å². The highest BCUT2D eigenvalue weighted by atomic mass is 16.2. The summed E-state index contributed by atoms with van der Waals surface area (Å²) in [4.78, 5) is 26.3. The van der Waals surface area contributed by atoms with Crippen molar-refractivity contribution in [1.82, 2.24) is 20.0 Å². The van der Waals surface area contributed by atoms with Gasteiger partial charge in [0.1, 0.15) is 5.69 Å². The zero-order valence-electron chi connectivity index (χ0n) is 15.0. The summed E-state index contributed by atoms with van der Waals surface area (Å²) in [5, 5.41) is 7.11. The van der Waals surface area contributed by atoms with Gasteiger partial charge in [0.15, 0.2) is 0 Å². The highest BCUT2D eigenvalue weighted by Gasteiger charge is 2.20. The molecule has 0 spiro atoms. The third-order valence-corrected chi connectivity index (χ3v) is 4.06. The van der Waals surface area contributed by atoms with Crippen molar-refractivity contribution in [3.63, 3.8) is 0 Å². The van der Waals surface area contributed by atoms with Crippen molar-refractivity contribution in [2.24, 2.45) is 5.92 Å². The molecule has 6 heteroatoms. The summed E-state index contributed by atoms with van der Waals surface area (Å²) in [5.74, 6) is 0.213. The van der Waals surface area contributed by atoms with Crippen LogP contribution in [0.4, 0.5) is 0 Å². The van der Waals surface area contributed by atoms with Crippen molar-refractivity contribution in [1.29, 1.82) is 0 Å². The number of hydrogen-bond donors (Lipinski definition) is 1. The fourth-order valence-electron chi connectivity index (χ4n) is 2.71. The molecule has 1 atom stereocenters. The van der Waals surface area contributed by atoms with Crippen molar-refractivity contribution in [3.8, 4) is 0 Å². The fourth-order valence-corrected chi connectivity index (χ4v) is 2.71. The minimum atomic E-state index is -0.229. The van der Waals surface area contributed by atoms with Gasteiger partial charge < -0.3 is 5.32 Å². The lowest BCUT2D eigenvalue weighted by Gasteiger charge is -2.32. The number of nitrogens with one attached hydrogen (secondary N) is 1. The predicted octanol–water partition coefficient (Wildman–Crippen LogP) is 1.75. The second-order valence-electron chi connectivity index (χ2n) is 6.02. The average molecular weight is 322 g/mol. The second-order valence-corrected chi connectivity index (χ2v) is 6.02. The van der Waals surface area contributed by atoms with E-state index >= 15 is 0 Å². The molecule has 1 heterocycles. The third-order valence-electron chi connectivity index (χ3n) is 4.06. The normalized spacial score (nSPS) is 12.7. The van der Waals surface area contributed by atoms with E-state index in [1.807, 2.05) is 6.92 Å². The lowest BCUT2D eigenvalue weighted by molar-refractivity contribution is 0.0913. The van der Waals surface area contributed by atoms with Gasteiger partial charge in [0, 0.05) is 25.2 Å². The Bertz CT molecular complexity index is 550. The van der Waals surface area contributed by atoms with Gasteiger partial charge in [-0.3, -0.25) is 14.5 Å². The van der Waals surface area contributed by atoms with Gasteiger partial charge in [0.05, 0.1) is 0 Å². The quantitative estimate of drug-likeness (QED) is 0.752. The summed E-state index contributed by atoms with van der Waals surface area (Å²) < 4.78 is 1.35. The minimum Gasteiger partial charge on any atom is -0.349 e. The van der Waals surface area contributed by atoms with Crippen molar-refractivity contribution in [2.45, 2.75) is 53.6 Å². The van der Waals surface area contributed by atoms with Gasteiger partial charge in [0.25, 0.3) is 11.5 Å². The molecule has 0 aliphatic carbocycles. The molecule has 1 aromatic heterocycles. The smallest absolute Gasteiger partial charge is 0.271 e. The number of rotatable bonds is 9. The summed E-state index contributed by atoms with van der Waals surface area (Å²) in [5.41, 5.74) is 0.117. The Morgan fingerprint density at radius 3 is 2.43 bits per heavy atom. The Kier molecular flexibility index (Phi) is 7.95. The standard InChI is InChI=1S/C17H30N4O2/c1-6-11-21-16(22)10-9-14(19-21)17(23)18-12-15(13(4)5)20(7-2)8-3/h9-10,13,15H,6-8,11-12H2,1-5H3,(H,18,23). The van der Waals surface area contributed by atoms with Crippen LogP contribution in [0.3, 0.4) is 0 Å². The van der Waals surface area contributed by atoms with Crippen molar-refractivity contribution < 1.29 is 4.79 Å². The van der Waals surface area contributed by atoms with Crippen LogP contribution in [-0.2, 0) is 6.54 Å². The van der Waals surface area contributed by atoms with Crippen LogP contribution in [0.2, 0.25) is 0 Å². The molecule has 1 N–H and O–H groups in total. The first-order valence-corrected chi connectivity index (χ1v) is 8.54. The molecule has 0 fully saturated rings. The topological polar surface area (TPSA) is 67.2 Å². The molecule has 0 aliphatic rings. The summed E-state index contributed by atoms with van der Waals surface area (Å²) in [6.45, 7) is 13.6. The number of nitrogens with zero attached hydrogens (tertiary/aromatic N) is 3. The zero-order chi connectivity index (χ0) is 17.4. The number of aromatic nitrogens is 2. The van der Waals surface area contributed by atoms with E-state index in [2.05, 4.69) is 43.0 Å². The van der Waals surface area contributed by atoms with Crippen LogP contribution >= 0.6 is 0 Å². The van der Waals surface area contributed by atoms with Gasteiger partial charge in [-0.05, 0) is 31.5 Å². The molecule has 1 aromatic rings. The molecule has 1 unspecified atom stereocenters. The molecule has 0 aliphatic heterocycles. The van der Waals surface area contributed by atoms with E-state index < -0.39 is 0 Å². The van der Waals surface area contributed by atoms with Gasteiger partial charge in [-0.1, -0.05) is 34.6 Å². The average Bonchev–Trinajstić information content (AvgIpc) is 2.53. The number of carbonyl (C=O) groups excluding carboxylic acids is 1. The van der Waals surface area contributed by atoms with Crippen LogP contribution in [0.5, 0.6) is 0 Å². The molecular weight excluding hydrogens is 292 g/mol. The Morgan fingerprint density at radius 2 is 1.91 bits per heavy atom. The molecule has 1 rings (SSSR count). The number of aryl methyl sites for hydroxylation is 1. The molecule has 6 nitrogen and oxygen atoms in total. The van der Waals surface area contributed by atoms with Crippen LogP contribution in [0.15, 0.2) is 16.9 Å². The Hall–Kier alpha value is -1.69. The van der Waals surface area contributed by atoms with E-state index in [4.69, 9.17) is 0 Å². The van der Waals surface area contributed by atoms with Gasteiger partial charge in [0.2, 0.25) is 0 Å². The largest absolute Gasteiger partial charge is 0.349 e. The predicted molar refractivity (Wildman–Crippen MR) is 92.7 cm³/mol. The lowest BCUT2D eigenvalue weighted by atomic mass is 10.0. The van der Waals surface area contributed by atoms with E-state index in [1.165, 1.54) is 16.8 Å². The first kappa shape index (κ1) is 19.4. The first-order chi connectivity index (χ1) is 10.9. The molecule has 130 valence electrons. The molecular formula is C17H30N4O2. The van der Waals surface area contributed by atoms with Crippen LogP contribution < -0.4 is 10.9 Å². The first-order valence-electron chi connectivity index (χ1n) is 8.54. The Balaban J connectivity index is 2.78. The summed E-state index contributed by atoms with van der Waals surface area (Å²) >= 11 is 0. The fraction of sp³-hybridized carbons (Fsp3) is 0.706. The molecule has 23 heavy (non-hydrogen) atoms. The maximum Gasteiger partial charge on any atom is 0.271 e. The van der Waals surface area contributed by atoms with Crippen LogP contribution in [0.1, 0.15) is 51.5 Å². The molecule has 0 aromatic carbocycles. The SMILES string of the molecule is CCCn1nc(C(=O)NCC(C(C)C)N(CC)CC)ccc1=O. The maximum absolute atomic E-state index is 12.3. The van der Waals surface area contributed by atoms with Gasteiger partial charge in [-0.25, -0.2) is 4.68 Å². The number of likely N-dealkylation sites (N-methyl/N-ethyl adjacent to an activating group) is 1. The van der Waals surface area contributed by atoms with Crippen molar-refractivity contribution in [3.05, 3.63) is 28.2 Å². The molecule has 1 amide bonds. The number of carbonyl (C=O) groups is 1. The van der Waals surface area contributed by atoms with E-state index in [1.54, 1.807) is 0 Å². The van der Waals surface area contributed by atoms with Gasteiger partial charge in [-0.2, -0.15) is 5.10 Å². The highest BCUT2D eigenvalue weighted by molar-refractivity contribution is 5.92. The van der Waals surface area contributed by atoms with Crippen LogP contribution in [-0.4, -0.2) is 46.3 Å². The second kappa shape index (κ2) is 9.45. The third kappa shape index (κ3) is 5.46. The minimum absolute atomic E-state index is 0.174. The maximum atomic E-state index is 12.3. The van der Waals surface area contributed by atoms with Crippen LogP contribution in [0.25, 0.3) is 0 Å². The van der Waals surface area contributed by atoms with E-state index in [0.29, 0.717) is 24.7 Å². The lowest BCUT2D eigenvalue weighted by Crippen LogP contribution is -2.47. The van der Waals surface area contributed by atoms with Crippen molar-refractivity contribution >= 4 is 5.91 Å². The molecule has 0 saturated carbocycles. The monoisotopic (exact) mass is 322 g/mol. The molecule has 0 radical (unpaired) electrons. The van der Waals surface area contributed by atoms with E-state index in [0.717, 1.165) is 19.5 Å². The zero-order valence-corrected chi connectivity index (χ0v) is 15.0. The van der Waals surface area contributed by atoms with Crippen LogP contribution in [0, 0.1) is 5.92 Å².